The molecule has 0 unspecified atom stereocenters. The normalized spacial score (nSPS) is 15.1. The predicted octanol–water partition coefficient (Wildman–Crippen LogP) is 2.00. The molecule has 0 spiro atoms. The van der Waals surface area contributed by atoms with Crippen molar-refractivity contribution in [3.63, 3.8) is 0 Å². The van der Waals surface area contributed by atoms with Crippen LogP contribution in [0.25, 0.3) is 0 Å². The lowest BCUT2D eigenvalue weighted by Crippen LogP contribution is -3.15. The lowest BCUT2D eigenvalue weighted by atomic mass is 10.2. The van der Waals surface area contributed by atoms with Gasteiger partial charge in [0.25, 0.3) is 11.8 Å². The molecule has 5 nitrogen and oxygen atoms in total. The molecule has 2 N–H and O–H groups in total. The van der Waals surface area contributed by atoms with E-state index in [9.17, 15) is 9.59 Å². The highest BCUT2D eigenvalue weighted by molar-refractivity contribution is 7.12. The first-order valence-corrected chi connectivity index (χ1v) is 9.87. The van der Waals surface area contributed by atoms with Gasteiger partial charge < -0.3 is 15.1 Å². The third-order valence-electron chi connectivity index (χ3n) is 4.59. The van der Waals surface area contributed by atoms with Gasteiger partial charge in [-0.3, -0.25) is 9.59 Å². The second-order valence-corrected chi connectivity index (χ2v) is 8.44. The Kier molecular flexibility index (Phi) is 5.96. The number of carbonyl (C=O) groups excluding carboxylic acids is 2. The lowest BCUT2D eigenvalue weighted by Gasteiger charge is -2.32. The summed E-state index contributed by atoms with van der Waals surface area (Å²) >= 11 is 7.73. The first kappa shape index (κ1) is 18.9. The van der Waals surface area contributed by atoms with E-state index in [4.69, 9.17) is 11.6 Å². The van der Waals surface area contributed by atoms with Crippen LogP contribution in [0.3, 0.4) is 0 Å². The minimum atomic E-state index is -0.0582. The number of hydrogen-bond donors (Lipinski definition) is 2. The number of hydrogen-bond acceptors (Lipinski definition) is 3. The van der Waals surface area contributed by atoms with E-state index in [1.807, 2.05) is 36.9 Å². The van der Waals surface area contributed by atoms with Gasteiger partial charge in [-0.15, -0.1) is 11.3 Å². The van der Waals surface area contributed by atoms with Crippen LogP contribution < -0.4 is 10.2 Å². The number of nitrogens with one attached hydrogen (secondary N) is 2. The third-order valence-corrected chi connectivity index (χ3v) is 5.88. The van der Waals surface area contributed by atoms with E-state index in [1.165, 1.54) is 4.90 Å². The van der Waals surface area contributed by atoms with Crippen molar-refractivity contribution in [3.8, 4) is 0 Å². The molecule has 1 fully saturated rings. The summed E-state index contributed by atoms with van der Waals surface area (Å²) in [4.78, 5) is 30.2. The topological polar surface area (TPSA) is 53.9 Å². The monoisotopic (exact) mass is 392 g/mol. The molecule has 1 aliphatic heterocycles. The molecule has 0 radical (unpaired) electrons. The molecular formula is C19H23ClN3O2S+. The zero-order valence-electron chi connectivity index (χ0n) is 15.0. The van der Waals surface area contributed by atoms with Crippen LogP contribution in [0, 0.1) is 13.8 Å². The largest absolute Gasteiger partial charge is 0.327 e. The Morgan fingerprint density at radius 1 is 1.23 bits per heavy atom. The summed E-state index contributed by atoms with van der Waals surface area (Å²) in [6.07, 6.45) is 0. The van der Waals surface area contributed by atoms with Gasteiger partial charge in [0.2, 0.25) is 0 Å². The highest BCUT2D eigenvalue weighted by atomic mass is 35.5. The summed E-state index contributed by atoms with van der Waals surface area (Å²) in [7, 11) is 0. The highest BCUT2D eigenvalue weighted by Gasteiger charge is 2.27. The van der Waals surface area contributed by atoms with Crippen molar-refractivity contribution in [3.05, 3.63) is 50.7 Å². The molecule has 26 heavy (non-hydrogen) atoms. The van der Waals surface area contributed by atoms with Crippen molar-refractivity contribution in [1.82, 2.24) is 4.90 Å². The van der Waals surface area contributed by atoms with E-state index in [1.54, 1.807) is 23.5 Å². The number of benzene rings is 1. The van der Waals surface area contributed by atoms with Gasteiger partial charge in [0, 0.05) is 9.75 Å². The van der Waals surface area contributed by atoms with Gasteiger partial charge in [0.15, 0.2) is 6.54 Å². The summed E-state index contributed by atoms with van der Waals surface area (Å²) < 4.78 is 0. The fourth-order valence-corrected chi connectivity index (χ4v) is 4.30. The SMILES string of the molecule is Cc1cc(C(=O)N2CC[NH+](CC(=O)Nc3ccccc3Cl)CC2)c(C)s1. The fourth-order valence-electron chi connectivity index (χ4n) is 3.20. The van der Waals surface area contributed by atoms with Gasteiger partial charge in [0.05, 0.1) is 42.5 Å². The minimum absolute atomic E-state index is 0.0582. The summed E-state index contributed by atoms with van der Waals surface area (Å²) in [6.45, 7) is 7.26. The molecular weight excluding hydrogens is 370 g/mol. The average Bonchev–Trinajstić information content (AvgIpc) is 2.95. The first-order valence-electron chi connectivity index (χ1n) is 8.68. The Bertz CT molecular complexity index is 813. The van der Waals surface area contributed by atoms with Crippen LogP contribution in [0.5, 0.6) is 0 Å². The second kappa shape index (κ2) is 8.20. The van der Waals surface area contributed by atoms with E-state index in [2.05, 4.69) is 5.32 Å². The summed E-state index contributed by atoms with van der Waals surface area (Å²) in [6, 6.07) is 9.18. The van der Waals surface area contributed by atoms with Crippen LogP contribution in [0.1, 0.15) is 20.1 Å². The Morgan fingerprint density at radius 3 is 2.54 bits per heavy atom. The van der Waals surface area contributed by atoms with Crippen LogP contribution >= 0.6 is 22.9 Å². The maximum atomic E-state index is 12.7. The molecule has 2 amide bonds. The number of para-hydroxylation sites is 1. The Labute approximate surface area is 162 Å². The molecule has 1 saturated heterocycles. The van der Waals surface area contributed by atoms with E-state index >= 15 is 0 Å². The number of carbonyl (C=O) groups is 2. The van der Waals surface area contributed by atoms with Crippen molar-refractivity contribution >= 4 is 40.4 Å². The summed E-state index contributed by atoms with van der Waals surface area (Å²) in [5, 5.41) is 3.39. The molecule has 2 aromatic rings. The molecule has 3 rings (SSSR count). The van der Waals surface area contributed by atoms with Crippen LogP contribution in [-0.2, 0) is 4.79 Å². The number of amides is 2. The molecule has 138 valence electrons. The van der Waals surface area contributed by atoms with E-state index in [-0.39, 0.29) is 11.8 Å². The Hall–Kier alpha value is -1.89. The van der Waals surface area contributed by atoms with Crippen molar-refractivity contribution in [2.24, 2.45) is 0 Å². The molecule has 0 aliphatic carbocycles. The van der Waals surface area contributed by atoms with Gasteiger partial charge in [0.1, 0.15) is 0 Å². The van der Waals surface area contributed by atoms with Crippen LogP contribution in [0.15, 0.2) is 30.3 Å². The molecule has 0 bridgehead atoms. The number of anilines is 1. The average molecular weight is 393 g/mol. The maximum Gasteiger partial charge on any atom is 0.279 e. The Balaban J connectivity index is 1.51. The van der Waals surface area contributed by atoms with Gasteiger partial charge in [-0.1, -0.05) is 23.7 Å². The number of halogens is 1. The molecule has 1 aliphatic rings. The highest BCUT2D eigenvalue weighted by Crippen LogP contribution is 2.22. The third kappa shape index (κ3) is 4.44. The number of quaternary nitrogens is 1. The molecule has 1 aromatic heterocycles. The lowest BCUT2D eigenvalue weighted by molar-refractivity contribution is -0.895. The van der Waals surface area contributed by atoms with Gasteiger partial charge in [-0.05, 0) is 32.0 Å². The predicted molar refractivity (Wildman–Crippen MR) is 105 cm³/mol. The van der Waals surface area contributed by atoms with Crippen molar-refractivity contribution in [2.75, 3.05) is 38.0 Å². The fraction of sp³-hybridized carbons (Fsp3) is 0.368. The van der Waals surface area contributed by atoms with E-state index in [0.29, 0.717) is 30.3 Å². The van der Waals surface area contributed by atoms with Gasteiger partial charge in [-0.25, -0.2) is 0 Å². The number of nitrogens with zero attached hydrogens (tertiary/aromatic N) is 1. The van der Waals surface area contributed by atoms with Crippen molar-refractivity contribution in [2.45, 2.75) is 13.8 Å². The van der Waals surface area contributed by atoms with Crippen LogP contribution in [-0.4, -0.2) is 49.4 Å². The minimum Gasteiger partial charge on any atom is -0.327 e. The standard InChI is InChI=1S/C19H22ClN3O2S/c1-13-11-15(14(2)26-13)19(25)23-9-7-22(8-10-23)12-18(24)21-17-6-4-3-5-16(17)20/h3-6,11H,7-10,12H2,1-2H3,(H,21,24)/p+1. The van der Waals surface area contributed by atoms with Gasteiger partial charge in [-0.2, -0.15) is 0 Å². The number of aryl methyl sites for hydroxylation is 2. The zero-order valence-corrected chi connectivity index (χ0v) is 16.5. The Morgan fingerprint density at radius 2 is 1.92 bits per heavy atom. The first-order chi connectivity index (χ1) is 12.4. The maximum absolute atomic E-state index is 12.7. The molecule has 0 atom stereocenters. The van der Waals surface area contributed by atoms with Crippen LogP contribution in [0.4, 0.5) is 5.69 Å². The van der Waals surface area contributed by atoms with Gasteiger partial charge >= 0.3 is 0 Å². The smallest absolute Gasteiger partial charge is 0.279 e. The quantitative estimate of drug-likeness (QED) is 0.836. The molecule has 0 saturated carbocycles. The number of rotatable bonds is 4. The number of thiophene rings is 1. The second-order valence-electron chi connectivity index (χ2n) is 6.57. The van der Waals surface area contributed by atoms with E-state index < -0.39 is 0 Å². The molecule has 7 heteroatoms. The van der Waals surface area contributed by atoms with E-state index in [0.717, 1.165) is 28.4 Å². The summed E-state index contributed by atoms with van der Waals surface area (Å²) in [5.74, 6) is 0.0450. The zero-order chi connectivity index (χ0) is 18.7. The van der Waals surface area contributed by atoms with Crippen LogP contribution in [0.2, 0.25) is 5.02 Å². The molecule has 2 heterocycles. The number of piperazine rings is 1. The molecule has 1 aromatic carbocycles. The summed E-state index contributed by atoms with van der Waals surface area (Å²) in [5.41, 5.74) is 1.45. The van der Waals surface area contributed by atoms with Crippen molar-refractivity contribution in [1.29, 1.82) is 0 Å². The van der Waals surface area contributed by atoms with Crippen molar-refractivity contribution < 1.29 is 14.5 Å².